The van der Waals surface area contributed by atoms with E-state index in [4.69, 9.17) is 19.9 Å². The fourth-order valence-electron chi connectivity index (χ4n) is 4.94. The monoisotopic (exact) mass is 390 g/mol. The summed E-state index contributed by atoms with van der Waals surface area (Å²) in [7, 11) is 4.73. The van der Waals surface area contributed by atoms with Crippen LogP contribution in [-0.4, -0.2) is 51.3 Å². The van der Waals surface area contributed by atoms with Gasteiger partial charge in [0.05, 0.1) is 21.3 Å². The molecule has 2 aliphatic rings. The summed E-state index contributed by atoms with van der Waals surface area (Å²) in [5, 5.41) is 0. The predicted octanol–water partition coefficient (Wildman–Crippen LogP) is 3.40. The van der Waals surface area contributed by atoms with Gasteiger partial charge in [0.15, 0.2) is 11.5 Å². The maximum Gasteiger partial charge on any atom is 0.249 e. The molecule has 0 unspecified atom stereocenters. The number of hydrogen-bond acceptors (Lipinski definition) is 5. The van der Waals surface area contributed by atoms with Crippen LogP contribution in [-0.2, 0) is 6.42 Å². The average Bonchev–Trinajstić information content (AvgIpc) is 3.14. The van der Waals surface area contributed by atoms with Gasteiger partial charge in [0.1, 0.15) is 0 Å². The second kappa shape index (κ2) is 9.50. The average molecular weight is 391 g/mol. The molecule has 0 spiro atoms. The first kappa shape index (κ1) is 20.8. The molecule has 1 aliphatic carbocycles. The second-order valence-electron chi connectivity index (χ2n) is 8.03. The Balaban J connectivity index is 1.87. The van der Waals surface area contributed by atoms with E-state index < -0.39 is 5.91 Å². The van der Waals surface area contributed by atoms with Crippen LogP contribution in [0.25, 0.3) is 0 Å². The van der Waals surface area contributed by atoms with Gasteiger partial charge in [-0.3, -0.25) is 9.69 Å². The number of carbonyl (C=O) groups is 1. The fourth-order valence-corrected chi connectivity index (χ4v) is 4.94. The Kier molecular flexibility index (Phi) is 7.05. The molecule has 1 aromatic rings. The second-order valence-corrected chi connectivity index (χ2v) is 8.03. The molecule has 6 nitrogen and oxygen atoms in total. The lowest BCUT2D eigenvalue weighted by atomic mass is 9.88. The van der Waals surface area contributed by atoms with E-state index in [9.17, 15) is 4.79 Å². The summed E-state index contributed by atoms with van der Waals surface area (Å²) < 4.78 is 16.6. The molecule has 28 heavy (non-hydrogen) atoms. The Morgan fingerprint density at radius 2 is 1.75 bits per heavy atom. The minimum Gasteiger partial charge on any atom is -0.493 e. The smallest absolute Gasteiger partial charge is 0.249 e. The Morgan fingerprint density at radius 3 is 2.36 bits per heavy atom. The predicted molar refractivity (Wildman–Crippen MR) is 109 cm³/mol. The van der Waals surface area contributed by atoms with E-state index in [1.54, 1.807) is 27.4 Å². The molecular formula is C22H34N2O4. The number of likely N-dealkylation sites (tertiary alicyclic amines) is 1. The molecule has 0 radical (unpaired) electrons. The highest BCUT2D eigenvalue weighted by molar-refractivity contribution is 5.96. The summed E-state index contributed by atoms with van der Waals surface area (Å²) in [4.78, 5) is 14.8. The number of amides is 1. The Bertz CT molecular complexity index is 686. The van der Waals surface area contributed by atoms with E-state index in [-0.39, 0.29) is 0 Å². The third kappa shape index (κ3) is 4.37. The Morgan fingerprint density at radius 1 is 1.04 bits per heavy atom. The molecule has 0 bridgehead atoms. The zero-order valence-electron chi connectivity index (χ0n) is 17.5. The molecule has 1 saturated heterocycles. The summed E-state index contributed by atoms with van der Waals surface area (Å²) in [5.74, 6) is 1.87. The minimum atomic E-state index is -0.467. The van der Waals surface area contributed by atoms with Gasteiger partial charge in [-0.1, -0.05) is 19.3 Å². The summed E-state index contributed by atoms with van der Waals surface area (Å²) in [5.41, 5.74) is 6.99. The lowest BCUT2D eigenvalue weighted by molar-refractivity contribution is 0.0997. The highest BCUT2D eigenvalue weighted by Crippen LogP contribution is 2.43. The van der Waals surface area contributed by atoms with Crippen LogP contribution >= 0.6 is 0 Å². The topological polar surface area (TPSA) is 74.0 Å². The lowest BCUT2D eigenvalue weighted by Crippen LogP contribution is -2.36. The zero-order valence-corrected chi connectivity index (χ0v) is 17.5. The van der Waals surface area contributed by atoms with Crippen LogP contribution in [0.1, 0.15) is 60.9 Å². The summed E-state index contributed by atoms with van der Waals surface area (Å²) in [6.45, 7) is 2.29. The van der Waals surface area contributed by atoms with Gasteiger partial charge in [0.2, 0.25) is 11.7 Å². The van der Waals surface area contributed by atoms with E-state index in [1.165, 1.54) is 38.5 Å². The van der Waals surface area contributed by atoms with E-state index in [2.05, 4.69) is 4.90 Å². The lowest BCUT2D eigenvalue weighted by Gasteiger charge is -2.31. The van der Waals surface area contributed by atoms with Crippen molar-refractivity contribution in [3.8, 4) is 17.2 Å². The molecule has 2 N–H and O–H groups in total. The van der Waals surface area contributed by atoms with Gasteiger partial charge in [-0.05, 0) is 50.6 Å². The molecule has 1 amide bonds. The minimum absolute atomic E-state index is 0.395. The molecule has 1 atom stereocenters. The molecule has 1 heterocycles. The van der Waals surface area contributed by atoms with Crippen LogP contribution in [0.3, 0.4) is 0 Å². The van der Waals surface area contributed by atoms with Crippen molar-refractivity contribution in [2.24, 2.45) is 11.7 Å². The van der Waals surface area contributed by atoms with Crippen LogP contribution in [0.2, 0.25) is 0 Å². The molecule has 1 saturated carbocycles. The standard InChI is InChI=1S/C22H34N2O4/c1-26-19-13-18(22(23)25)17(20(27-2)21(19)28-3)12-16-10-7-11-24(16)14-15-8-5-4-6-9-15/h13,15-16H,4-12,14H2,1-3H3,(H2,23,25)/t16-/m0/s1. The van der Waals surface area contributed by atoms with Crippen molar-refractivity contribution in [3.63, 3.8) is 0 Å². The van der Waals surface area contributed by atoms with Gasteiger partial charge >= 0.3 is 0 Å². The van der Waals surface area contributed by atoms with Crippen molar-refractivity contribution >= 4 is 5.91 Å². The number of carbonyl (C=O) groups excluding carboxylic acids is 1. The van der Waals surface area contributed by atoms with Crippen molar-refractivity contribution in [1.29, 1.82) is 0 Å². The van der Waals surface area contributed by atoms with E-state index in [0.29, 0.717) is 28.9 Å². The Labute approximate surface area is 168 Å². The summed E-state index contributed by atoms with van der Waals surface area (Å²) in [6, 6.07) is 2.08. The van der Waals surface area contributed by atoms with Crippen LogP contribution in [0.15, 0.2) is 6.07 Å². The maximum absolute atomic E-state index is 12.2. The first-order chi connectivity index (χ1) is 13.6. The molecule has 2 fully saturated rings. The van der Waals surface area contributed by atoms with Gasteiger partial charge in [-0.25, -0.2) is 0 Å². The third-order valence-electron chi connectivity index (χ3n) is 6.35. The summed E-state index contributed by atoms with van der Waals surface area (Å²) >= 11 is 0. The third-order valence-corrected chi connectivity index (χ3v) is 6.35. The fraction of sp³-hybridized carbons (Fsp3) is 0.682. The van der Waals surface area contributed by atoms with Crippen LogP contribution in [0.4, 0.5) is 0 Å². The largest absolute Gasteiger partial charge is 0.493 e. The van der Waals surface area contributed by atoms with Crippen molar-refractivity contribution < 1.29 is 19.0 Å². The molecule has 6 heteroatoms. The number of rotatable bonds is 8. The van der Waals surface area contributed by atoms with E-state index in [0.717, 1.165) is 37.4 Å². The number of nitrogens with zero attached hydrogens (tertiary/aromatic N) is 1. The maximum atomic E-state index is 12.2. The van der Waals surface area contributed by atoms with Crippen LogP contribution in [0.5, 0.6) is 17.2 Å². The molecule has 0 aromatic heterocycles. The SMILES string of the molecule is COc1cc(C(N)=O)c(C[C@@H]2CCCN2CC2CCCCC2)c(OC)c1OC. The Hall–Kier alpha value is -1.95. The number of ether oxygens (including phenoxy) is 3. The summed E-state index contributed by atoms with van der Waals surface area (Å²) in [6.07, 6.45) is 9.84. The number of primary amides is 1. The van der Waals surface area contributed by atoms with E-state index in [1.807, 2.05) is 0 Å². The molecule has 1 aromatic carbocycles. The molecule has 156 valence electrons. The molecular weight excluding hydrogens is 356 g/mol. The van der Waals surface area contributed by atoms with Gasteiger partial charge < -0.3 is 19.9 Å². The molecule has 3 rings (SSSR count). The van der Waals surface area contributed by atoms with Gasteiger partial charge in [0, 0.05) is 23.7 Å². The zero-order chi connectivity index (χ0) is 20.1. The van der Waals surface area contributed by atoms with Crippen LogP contribution in [0, 0.1) is 5.92 Å². The number of methoxy groups -OCH3 is 3. The van der Waals surface area contributed by atoms with Gasteiger partial charge in [-0.15, -0.1) is 0 Å². The van der Waals surface area contributed by atoms with Gasteiger partial charge in [0.25, 0.3) is 0 Å². The van der Waals surface area contributed by atoms with Crippen LogP contribution < -0.4 is 19.9 Å². The van der Waals surface area contributed by atoms with E-state index >= 15 is 0 Å². The quantitative estimate of drug-likeness (QED) is 0.736. The first-order valence-corrected chi connectivity index (χ1v) is 10.4. The van der Waals surface area contributed by atoms with Crippen molar-refractivity contribution in [3.05, 3.63) is 17.2 Å². The normalized spacial score (nSPS) is 20.9. The molecule has 1 aliphatic heterocycles. The first-order valence-electron chi connectivity index (χ1n) is 10.4. The number of hydrogen-bond donors (Lipinski definition) is 1. The van der Waals surface area contributed by atoms with Gasteiger partial charge in [-0.2, -0.15) is 0 Å². The van der Waals surface area contributed by atoms with Crippen molar-refractivity contribution in [1.82, 2.24) is 4.90 Å². The number of nitrogens with two attached hydrogens (primary N) is 1. The highest BCUT2D eigenvalue weighted by atomic mass is 16.5. The highest BCUT2D eigenvalue weighted by Gasteiger charge is 2.31. The number of benzene rings is 1. The van der Waals surface area contributed by atoms with Crippen molar-refractivity contribution in [2.75, 3.05) is 34.4 Å². The van der Waals surface area contributed by atoms with Crippen molar-refractivity contribution in [2.45, 2.75) is 57.4 Å².